The molecule has 0 atom stereocenters. The van der Waals surface area contributed by atoms with Crippen molar-refractivity contribution in [2.24, 2.45) is 0 Å². The fourth-order valence-electron chi connectivity index (χ4n) is 1.92. The lowest BCUT2D eigenvalue weighted by molar-refractivity contribution is -0.120. The Kier molecular flexibility index (Phi) is 4.29. The summed E-state index contributed by atoms with van der Waals surface area (Å²) in [6.07, 6.45) is 0. The van der Waals surface area contributed by atoms with Crippen LogP contribution in [0.2, 0.25) is 0 Å². The van der Waals surface area contributed by atoms with Crippen LogP contribution in [0.3, 0.4) is 0 Å². The number of halogens is 1. The van der Waals surface area contributed by atoms with E-state index in [1.807, 2.05) is 69.3 Å². The molecule has 104 valence electrons. The highest BCUT2D eigenvalue weighted by Gasteiger charge is 2.29. The normalized spacial score (nSPS) is 11.2. The fraction of sp³-hybridized carbons (Fsp3) is 0.235. The molecule has 0 spiro atoms. The number of rotatable bonds is 3. The van der Waals surface area contributed by atoms with Crippen LogP contribution >= 0.6 is 15.9 Å². The van der Waals surface area contributed by atoms with Crippen molar-refractivity contribution in [2.75, 3.05) is 5.32 Å². The first-order valence-corrected chi connectivity index (χ1v) is 7.33. The maximum atomic E-state index is 12.5. The molecule has 0 aliphatic heterocycles. The van der Waals surface area contributed by atoms with Crippen molar-refractivity contribution in [3.63, 3.8) is 0 Å². The van der Waals surface area contributed by atoms with Gasteiger partial charge in [-0.25, -0.2) is 0 Å². The lowest BCUT2D eigenvalue weighted by atomic mass is 9.83. The minimum absolute atomic E-state index is 0.0105. The van der Waals surface area contributed by atoms with E-state index in [1.54, 1.807) is 0 Å². The summed E-state index contributed by atoms with van der Waals surface area (Å²) in [5.74, 6) is -0.0105. The van der Waals surface area contributed by atoms with Crippen LogP contribution in [0.15, 0.2) is 53.0 Å². The predicted octanol–water partition coefficient (Wildman–Crippen LogP) is 4.67. The largest absolute Gasteiger partial charge is 0.325 e. The molecule has 0 aliphatic carbocycles. The van der Waals surface area contributed by atoms with Gasteiger partial charge in [-0.15, -0.1) is 0 Å². The van der Waals surface area contributed by atoms with Crippen molar-refractivity contribution in [1.82, 2.24) is 0 Å². The van der Waals surface area contributed by atoms with Gasteiger partial charge in [0.15, 0.2) is 0 Å². The lowest BCUT2D eigenvalue weighted by Gasteiger charge is -2.24. The van der Waals surface area contributed by atoms with Gasteiger partial charge < -0.3 is 5.32 Å². The Bertz CT molecular complexity index is 600. The molecule has 0 saturated heterocycles. The summed E-state index contributed by atoms with van der Waals surface area (Å²) in [6, 6.07) is 15.7. The second-order valence-electron chi connectivity index (χ2n) is 5.45. The summed E-state index contributed by atoms with van der Waals surface area (Å²) in [5, 5.41) is 2.97. The van der Waals surface area contributed by atoms with Crippen LogP contribution in [0.4, 0.5) is 5.69 Å². The van der Waals surface area contributed by atoms with Gasteiger partial charge in [0.2, 0.25) is 5.91 Å². The van der Waals surface area contributed by atoms with Crippen LogP contribution in [0.5, 0.6) is 0 Å². The first-order chi connectivity index (χ1) is 9.39. The van der Waals surface area contributed by atoms with Gasteiger partial charge in [-0.1, -0.05) is 45.8 Å². The van der Waals surface area contributed by atoms with E-state index in [2.05, 4.69) is 21.2 Å². The van der Waals surface area contributed by atoms with E-state index in [9.17, 15) is 4.79 Å². The number of hydrogen-bond acceptors (Lipinski definition) is 1. The van der Waals surface area contributed by atoms with Gasteiger partial charge in [0.05, 0.1) is 5.41 Å². The van der Waals surface area contributed by atoms with Crippen LogP contribution < -0.4 is 5.32 Å². The quantitative estimate of drug-likeness (QED) is 0.869. The lowest BCUT2D eigenvalue weighted by Crippen LogP contribution is -2.34. The number of benzene rings is 2. The number of hydrogen-bond donors (Lipinski definition) is 1. The number of nitrogens with one attached hydrogen (secondary N) is 1. The monoisotopic (exact) mass is 331 g/mol. The minimum Gasteiger partial charge on any atom is -0.325 e. The van der Waals surface area contributed by atoms with Crippen LogP contribution in [-0.2, 0) is 10.2 Å². The predicted molar refractivity (Wildman–Crippen MR) is 87.0 cm³/mol. The Morgan fingerprint density at radius 2 is 1.55 bits per heavy atom. The van der Waals surface area contributed by atoms with E-state index in [4.69, 9.17) is 0 Å². The van der Waals surface area contributed by atoms with Crippen molar-refractivity contribution in [1.29, 1.82) is 0 Å². The highest BCUT2D eigenvalue weighted by atomic mass is 79.9. The van der Waals surface area contributed by atoms with E-state index in [1.165, 1.54) is 5.56 Å². The molecule has 2 aromatic rings. The number of aryl methyl sites for hydroxylation is 1. The third kappa shape index (κ3) is 3.28. The van der Waals surface area contributed by atoms with Gasteiger partial charge in [0.1, 0.15) is 0 Å². The summed E-state index contributed by atoms with van der Waals surface area (Å²) in [4.78, 5) is 12.5. The molecular weight excluding hydrogens is 314 g/mol. The van der Waals surface area contributed by atoms with Crippen molar-refractivity contribution in [2.45, 2.75) is 26.2 Å². The summed E-state index contributed by atoms with van der Waals surface area (Å²) in [7, 11) is 0. The van der Waals surface area contributed by atoms with Gasteiger partial charge in [0.25, 0.3) is 0 Å². The maximum absolute atomic E-state index is 12.5. The molecule has 2 rings (SSSR count). The average Bonchev–Trinajstić information content (AvgIpc) is 2.42. The Hall–Kier alpha value is -1.61. The number of carbonyl (C=O) groups excluding carboxylic acids is 1. The minimum atomic E-state index is -0.578. The van der Waals surface area contributed by atoms with E-state index in [0.717, 1.165) is 15.7 Å². The van der Waals surface area contributed by atoms with E-state index < -0.39 is 5.41 Å². The van der Waals surface area contributed by atoms with Crippen LogP contribution in [0.1, 0.15) is 25.0 Å². The molecule has 1 amide bonds. The third-order valence-corrected chi connectivity index (χ3v) is 3.97. The molecule has 3 heteroatoms. The maximum Gasteiger partial charge on any atom is 0.234 e. The van der Waals surface area contributed by atoms with Crippen molar-refractivity contribution in [3.8, 4) is 0 Å². The molecule has 0 aliphatic rings. The Morgan fingerprint density at radius 1 is 1.00 bits per heavy atom. The number of anilines is 1. The summed E-state index contributed by atoms with van der Waals surface area (Å²) in [6.45, 7) is 5.89. The molecule has 2 nitrogen and oxygen atoms in total. The van der Waals surface area contributed by atoms with Crippen molar-refractivity contribution < 1.29 is 4.79 Å². The highest BCUT2D eigenvalue weighted by molar-refractivity contribution is 9.10. The first kappa shape index (κ1) is 14.8. The summed E-state index contributed by atoms with van der Waals surface area (Å²) >= 11 is 3.41. The van der Waals surface area contributed by atoms with E-state index >= 15 is 0 Å². The van der Waals surface area contributed by atoms with Crippen LogP contribution in [0.25, 0.3) is 0 Å². The molecule has 0 bridgehead atoms. The second kappa shape index (κ2) is 5.80. The Morgan fingerprint density at radius 3 is 2.10 bits per heavy atom. The number of amides is 1. The zero-order valence-electron chi connectivity index (χ0n) is 11.9. The molecule has 0 aromatic heterocycles. The molecule has 1 N–H and O–H groups in total. The molecule has 2 aromatic carbocycles. The standard InChI is InChI=1S/C17H18BrNO/c1-12-4-10-15(11-5-12)19-16(20)17(2,3)13-6-8-14(18)9-7-13/h4-11H,1-3H3,(H,19,20). The van der Waals surface area contributed by atoms with Crippen LogP contribution in [-0.4, -0.2) is 5.91 Å². The molecule has 0 fully saturated rings. The SMILES string of the molecule is Cc1ccc(NC(=O)C(C)(C)c2ccc(Br)cc2)cc1. The van der Waals surface area contributed by atoms with E-state index in [-0.39, 0.29) is 5.91 Å². The Labute approximate surface area is 128 Å². The molecule has 0 radical (unpaired) electrons. The van der Waals surface area contributed by atoms with Crippen LogP contribution in [0, 0.1) is 6.92 Å². The highest BCUT2D eigenvalue weighted by Crippen LogP contribution is 2.26. The Balaban J connectivity index is 2.18. The number of carbonyl (C=O) groups is 1. The van der Waals surface area contributed by atoms with Crippen molar-refractivity contribution >= 4 is 27.5 Å². The summed E-state index contributed by atoms with van der Waals surface area (Å²) in [5.41, 5.74) is 2.41. The van der Waals surface area contributed by atoms with E-state index in [0.29, 0.717) is 0 Å². The fourth-order valence-corrected chi connectivity index (χ4v) is 2.19. The third-order valence-electron chi connectivity index (χ3n) is 3.44. The van der Waals surface area contributed by atoms with Crippen molar-refractivity contribution in [3.05, 3.63) is 64.1 Å². The van der Waals surface area contributed by atoms with Gasteiger partial charge in [-0.3, -0.25) is 4.79 Å². The first-order valence-electron chi connectivity index (χ1n) is 6.54. The molecule has 0 saturated carbocycles. The topological polar surface area (TPSA) is 29.1 Å². The molecule has 20 heavy (non-hydrogen) atoms. The molecular formula is C17H18BrNO. The zero-order chi connectivity index (χ0) is 14.8. The average molecular weight is 332 g/mol. The van der Waals surface area contributed by atoms with Gasteiger partial charge in [-0.05, 0) is 50.6 Å². The second-order valence-corrected chi connectivity index (χ2v) is 6.37. The molecule has 0 unspecified atom stereocenters. The zero-order valence-corrected chi connectivity index (χ0v) is 13.5. The molecule has 0 heterocycles. The van der Waals surface area contributed by atoms with Gasteiger partial charge >= 0.3 is 0 Å². The smallest absolute Gasteiger partial charge is 0.234 e. The summed E-state index contributed by atoms with van der Waals surface area (Å²) < 4.78 is 1.01. The van der Waals surface area contributed by atoms with Gasteiger partial charge in [-0.2, -0.15) is 0 Å². The van der Waals surface area contributed by atoms with Gasteiger partial charge in [0, 0.05) is 10.2 Å².